The van der Waals surface area contributed by atoms with Crippen molar-refractivity contribution in [2.45, 2.75) is 13.3 Å². The van der Waals surface area contributed by atoms with Crippen LogP contribution in [-0.4, -0.2) is 29.1 Å². The van der Waals surface area contributed by atoms with Crippen LogP contribution in [0.5, 0.6) is 0 Å². The SMILES string of the molecule is CCN(CCC(=O)O)c1cccnc1C#N. The number of carboxylic acid groups (broad SMARTS) is 1. The Morgan fingerprint density at radius 1 is 1.69 bits per heavy atom. The standard InChI is InChI=1S/C11H13N3O2/c1-2-14(7-5-11(15)16)10-4-3-6-13-9(10)8-12/h3-4,6H,2,5,7H2,1H3,(H,15,16). The van der Waals surface area contributed by atoms with Gasteiger partial charge in [-0.25, -0.2) is 4.98 Å². The molecule has 0 unspecified atom stereocenters. The highest BCUT2D eigenvalue weighted by Gasteiger charge is 2.11. The van der Waals surface area contributed by atoms with Crippen molar-refractivity contribution in [1.29, 1.82) is 5.26 Å². The second kappa shape index (κ2) is 5.71. The highest BCUT2D eigenvalue weighted by Crippen LogP contribution is 2.17. The van der Waals surface area contributed by atoms with Crippen LogP contribution in [-0.2, 0) is 4.79 Å². The minimum Gasteiger partial charge on any atom is -0.481 e. The summed E-state index contributed by atoms with van der Waals surface area (Å²) in [6, 6.07) is 5.51. The van der Waals surface area contributed by atoms with Gasteiger partial charge >= 0.3 is 5.97 Å². The maximum absolute atomic E-state index is 10.5. The maximum atomic E-state index is 10.5. The van der Waals surface area contributed by atoms with Crippen LogP contribution < -0.4 is 4.90 Å². The Kier molecular flexibility index (Phi) is 4.28. The molecule has 1 heterocycles. The number of hydrogen-bond acceptors (Lipinski definition) is 4. The third-order valence-corrected chi connectivity index (χ3v) is 2.21. The first-order valence-corrected chi connectivity index (χ1v) is 5.01. The van der Waals surface area contributed by atoms with Gasteiger partial charge in [-0.1, -0.05) is 0 Å². The van der Waals surface area contributed by atoms with Gasteiger partial charge in [0.1, 0.15) is 6.07 Å². The number of pyridine rings is 1. The Balaban J connectivity index is 2.86. The molecule has 0 saturated carbocycles. The molecule has 1 rings (SSSR count). The molecule has 0 amide bonds. The smallest absolute Gasteiger partial charge is 0.305 e. The highest BCUT2D eigenvalue weighted by atomic mass is 16.4. The number of aromatic nitrogens is 1. The largest absolute Gasteiger partial charge is 0.481 e. The van der Waals surface area contributed by atoms with E-state index in [2.05, 4.69) is 4.98 Å². The molecular formula is C11H13N3O2. The summed E-state index contributed by atoms with van der Waals surface area (Å²) in [5.74, 6) is -0.846. The maximum Gasteiger partial charge on any atom is 0.305 e. The van der Waals surface area contributed by atoms with E-state index in [1.165, 1.54) is 0 Å². The molecule has 0 aliphatic heterocycles. The zero-order chi connectivity index (χ0) is 12.0. The zero-order valence-corrected chi connectivity index (χ0v) is 9.05. The van der Waals surface area contributed by atoms with Gasteiger partial charge in [0, 0.05) is 19.3 Å². The summed E-state index contributed by atoms with van der Waals surface area (Å²) in [5.41, 5.74) is 1.02. The van der Waals surface area contributed by atoms with Crippen LogP contribution in [0.3, 0.4) is 0 Å². The van der Waals surface area contributed by atoms with Gasteiger partial charge in [0.25, 0.3) is 0 Å². The molecule has 1 aromatic rings. The third-order valence-electron chi connectivity index (χ3n) is 2.21. The Morgan fingerprint density at radius 3 is 3.00 bits per heavy atom. The number of nitrogens with zero attached hydrogens (tertiary/aromatic N) is 3. The number of rotatable bonds is 5. The average molecular weight is 219 g/mol. The van der Waals surface area contributed by atoms with Gasteiger partial charge in [0.2, 0.25) is 0 Å². The van der Waals surface area contributed by atoms with Crippen LogP contribution in [0.4, 0.5) is 5.69 Å². The van der Waals surface area contributed by atoms with Crippen molar-refractivity contribution < 1.29 is 9.90 Å². The number of anilines is 1. The minimum absolute atomic E-state index is 0.0492. The summed E-state index contributed by atoms with van der Waals surface area (Å²) in [6.07, 6.45) is 1.60. The summed E-state index contributed by atoms with van der Waals surface area (Å²) in [5, 5.41) is 17.5. The second-order valence-corrected chi connectivity index (χ2v) is 3.21. The topological polar surface area (TPSA) is 77.2 Å². The fourth-order valence-electron chi connectivity index (χ4n) is 1.42. The molecule has 0 aliphatic carbocycles. The number of carbonyl (C=O) groups is 1. The second-order valence-electron chi connectivity index (χ2n) is 3.21. The lowest BCUT2D eigenvalue weighted by Gasteiger charge is -2.22. The van der Waals surface area contributed by atoms with Gasteiger partial charge < -0.3 is 10.0 Å². The summed E-state index contributed by atoms with van der Waals surface area (Å²) >= 11 is 0. The molecule has 0 fully saturated rings. The predicted molar refractivity (Wildman–Crippen MR) is 59.1 cm³/mol. The molecule has 0 saturated heterocycles. The number of nitriles is 1. The van der Waals surface area contributed by atoms with E-state index < -0.39 is 5.97 Å². The van der Waals surface area contributed by atoms with Crippen molar-refractivity contribution >= 4 is 11.7 Å². The third kappa shape index (κ3) is 2.95. The van der Waals surface area contributed by atoms with Crippen LogP contribution in [0.15, 0.2) is 18.3 Å². The lowest BCUT2D eigenvalue weighted by atomic mass is 10.2. The van der Waals surface area contributed by atoms with Gasteiger partial charge in [-0.05, 0) is 19.1 Å². The van der Waals surface area contributed by atoms with Crippen LogP contribution in [0.25, 0.3) is 0 Å². The van der Waals surface area contributed by atoms with Crippen molar-refractivity contribution in [3.63, 3.8) is 0 Å². The monoisotopic (exact) mass is 219 g/mol. The molecule has 5 heteroatoms. The van der Waals surface area contributed by atoms with E-state index in [-0.39, 0.29) is 6.42 Å². The van der Waals surface area contributed by atoms with E-state index in [0.29, 0.717) is 24.5 Å². The summed E-state index contributed by atoms with van der Waals surface area (Å²) in [4.78, 5) is 16.3. The van der Waals surface area contributed by atoms with Crippen molar-refractivity contribution in [3.8, 4) is 6.07 Å². The van der Waals surface area contributed by atoms with Crippen LogP contribution in [0.2, 0.25) is 0 Å². The lowest BCUT2D eigenvalue weighted by Crippen LogP contribution is -2.26. The molecule has 0 aromatic carbocycles. The molecule has 84 valence electrons. The summed E-state index contributed by atoms with van der Waals surface area (Å²) < 4.78 is 0. The number of aliphatic carboxylic acids is 1. The van der Waals surface area contributed by atoms with Crippen molar-refractivity contribution in [2.24, 2.45) is 0 Å². The first-order chi connectivity index (χ1) is 7.69. The van der Waals surface area contributed by atoms with E-state index in [0.717, 1.165) is 0 Å². The molecule has 0 bridgehead atoms. The zero-order valence-electron chi connectivity index (χ0n) is 9.05. The Hall–Kier alpha value is -2.09. The van der Waals surface area contributed by atoms with Gasteiger partial charge in [-0.15, -0.1) is 0 Å². The molecule has 0 aliphatic rings. The fourth-order valence-corrected chi connectivity index (χ4v) is 1.42. The van der Waals surface area contributed by atoms with Gasteiger partial charge in [-0.3, -0.25) is 4.79 Å². The van der Waals surface area contributed by atoms with Gasteiger partial charge in [-0.2, -0.15) is 5.26 Å². The van der Waals surface area contributed by atoms with E-state index >= 15 is 0 Å². The van der Waals surface area contributed by atoms with Gasteiger partial charge in [0.05, 0.1) is 12.1 Å². The molecule has 0 atom stereocenters. The molecule has 16 heavy (non-hydrogen) atoms. The minimum atomic E-state index is -0.846. The van der Waals surface area contributed by atoms with E-state index in [1.807, 2.05) is 17.9 Å². The first-order valence-electron chi connectivity index (χ1n) is 5.01. The average Bonchev–Trinajstić information content (AvgIpc) is 2.30. The predicted octanol–water partition coefficient (Wildman–Crippen LogP) is 1.25. The van der Waals surface area contributed by atoms with Crippen molar-refractivity contribution in [2.75, 3.05) is 18.0 Å². The molecular weight excluding hydrogens is 206 g/mol. The summed E-state index contributed by atoms with van der Waals surface area (Å²) in [6.45, 7) is 2.94. The fraction of sp³-hybridized carbons (Fsp3) is 0.364. The van der Waals surface area contributed by atoms with Crippen LogP contribution in [0, 0.1) is 11.3 Å². The normalized spacial score (nSPS) is 9.50. The van der Waals surface area contributed by atoms with E-state index in [4.69, 9.17) is 10.4 Å². The Bertz CT molecular complexity index is 412. The quantitative estimate of drug-likeness (QED) is 0.806. The van der Waals surface area contributed by atoms with Crippen molar-refractivity contribution in [3.05, 3.63) is 24.0 Å². The molecule has 1 aromatic heterocycles. The van der Waals surface area contributed by atoms with Crippen molar-refractivity contribution in [1.82, 2.24) is 4.98 Å². The molecule has 1 N–H and O–H groups in total. The van der Waals surface area contributed by atoms with Gasteiger partial charge in [0.15, 0.2) is 5.69 Å². The van der Waals surface area contributed by atoms with E-state index in [1.54, 1.807) is 18.3 Å². The van der Waals surface area contributed by atoms with E-state index in [9.17, 15) is 4.79 Å². The first kappa shape index (κ1) is 12.0. The molecule has 0 radical (unpaired) electrons. The number of hydrogen-bond donors (Lipinski definition) is 1. The Morgan fingerprint density at radius 2 is 2.44 bits per heavy atom. The van der Waals surface area contributed by atoms with Crippen LogP contribution >= 0.6 is 0 Å². The number of carboxylic acids is 1. The summed E-state index contributed by atoms with van der Waals surface area (Å²) in [7, 11) is 0. The molecule has 5 nitrogen and oxygen atoms in total. The lowest BCUT2D eigenvalue weighted by molar-refractivity contribution is -0.136. The Labute approximate surface area is 93.9 Å². The highest BCUT2D eigenvalue weighted by molar-refractivity contribution is 5.68. The van der Waals surface area contributed by atoms with Crippen LogP contribution in [0.1, 0.15) is 19.0 Å². The molecule has 0 spiro atoms.